The summed E-state index contributed by atoms with van der Waals surface area (Å²) in [6.45, 7) is 12.2. The van der Waals surface area contributed by atoms with Gasteiger partial charge in [-0.3, -0.25) is 4.99 Å². The van der Waals surface area contributed by atoms with E-state index in [0.29, 0.717) is 17.9 Å². The molecule has 1 heterocycles. The lowest BCUT2D eigenvalue weighted by molar-refractivity contribution is -0.0491. The van der Waals surface area contributed by atoms with Crippen LogP contribution in [0.5, 0.6) is 0 Å². The van der Waals surface area contributed by atoms with Gasteiger partial charge >= 0.3 is 0 Å². The van der Waals surface area contributed by atoms with E-state index >= 15 is 0 Å². The SMILES string of the molecule is CCNC(=NC[C@@H]1CCCO[C@@H]1C(C)C)NCC. The van der Waals surface area contributed by atoms with Crippen molar-refractivity contribution in [1.29, 1.82) is 0 Å². The minimum absolute atomic E-state index is 0.368. The van der Waals surface area contributed by atoms with Crippen molar-refractivity contribution in [3.8, 4) is 0 Å². The maximum Gasteiger partial charge on any atom is 0.191 e. The monoisotopic (exact) mass is 255 g/mol. The maximum atomic E-state index is 5.89. The second-order valence-electron chi connectivity index (χ2n) is 5.23. The highest BCUT2D eigenvalue weighted by Gasteiger charge is 2.28. The summed E-state index contributed by atoms with van der Waals surface area (Å²) in [5, 5.41) is 6.53. The van der Waals surface area contributed by atoms with Gasteiger partial charge < -0.3 is 15.4 Å². The number of aliphatic imine (C=N–C) groups is 1. The molecule has 106 valence electrons. The zero-order valence-electron chi connectivity index (χ0n) is 12.3. The number of rotatable bonds is 5. The maximum absolute atomic E-state index is 5.89. The molecule has 0 saturated carbocycles. The van der Waals surface area contributed by atoms with Gasteiger partial charge in [-0.05, 0) is 32.6 Å². The first-order chi connectivity index (χ1) is 8.69. The lowest BCUT2D eigenvalue weighted by Crippen LogP contribution is -2.39. The van der Waals surface area contributed by atoms with Crippen LogP contribution in [0.25, 0.3) is 0 Å². The molecule has 0 aromatic rings. The molecule has 0 bridgehead atoms. The standard InChI is InChI=1S/C14H29N3O/c1-5-15-14(16-6-2)17-10-12-8-7-9-18-13(12)11(3)4/h11-13H,5-10H2,1-4H3,(H2,15,16,17)/t12-,13+/m0/s1. The molecule has 0 aromatic carbocycles. The van der Waals surface area contributed by atoms with E-state index in [1.165, 1.54) is 12.8 Å². The topological polar surface area (TPSA) is 45.7 Å². The minimum Gasteiger partial charge on any atom is -0.378 e. The molecule has 0 unspecified atom stereocenters. The molecule has 0 amide bonds. The van der Waals surface area contributed by atoms with Gasteiger partial charge in [0.25, 0.3) is 0 Å². The van der Waals surface area contributed by atoms with Crippen molar-refractivity contribution in [2.75, 3.05) is 26.2 Å². The average molecular weight is 255 g/mol. The Morgan fingerprint density at radius 1 is 1.28 bits per heavy atom. The van der Waals surface area contributed by atoms with Gasteiger partial charge in [0.05, 0.1) is 6.10 Å². The van der Waals surface area contributed by atoms with Crippen LogP contribution in [0, 0.1) is 11.8 Å². The van der Waals surface area contributed by atoms with E-state index in [4.69, 9.17) is 4.74 Å². The van der Waals surface area contributed by atoms with Gasteiger partial charge in [0.1, 0.15) is 0 Å². The fourth-order valence-corrected chi connectivity index (χ4v) is 2.51. The number of ether oxygens (including phenoxy) is 1. The molecule has 4 nitrogen and oxygen atoms in total. The highest BCUT2D eigenvalue weighted by Crippen LogP contribution is 2.26. The van der Waals surface area contributed by atoms with Gasteiger partial charge in [-0.1, -0.05) is 13.8 Å². The largest absolute Gasteiger partial charge is 0.378 e. The first-order valence-corrected chi connectivity index (χ1v) is 7.32. The third-order valence-corrected chi connectivity index (χ3v) is 3.32. The highest BCUT2D eigenvalue weighted by atomic mass is 16.5. The van der Waals surface area contributed by atoms with Crippen molar-refractivity contribution in [2.45, 2.75) is 46.6 Å². The van der Waals surface area contributed by atoms with Crippen molar-refractivity contribution in [1.82, 2.24) is 10.6 Å². The molecule has 0 radical (unpaired) electrons. The Kier molecular flexibility index (Phi) is 7.09. The molecule has 1 aliphatic rings. The second-order valence-corrected chi connectivity index (χ2v) is 5.23. The Balaban J connectivity index is 2.53. The van der Waals surface area contributed by atoms with Crippen molar-refractivity contribution >= 4 is 5.96 Å². The third-order valence-electron chi connectivity index (χ3n) is 3.32. The molecule has 0 aliphatic carbocycles. The molecule has 18 heavy (non-hydrogen) atoms. The normalized spacial score (nSPS) is 23.8. The zero-order chi connectivity index (χ0) is 13.4. The summed E-state index contributed by atoms with van der Waals surface area (Å²) in [6.07, 6.45) is 2.77. The molecule has 1 aliphatic heterocycles. The van der Waals surface area contributed by atoms with Gasteiger partial charge in [-0.2, -0.15) is 0 Å². The number of nitrogens with one attached hydrogen (secondary N) is 2. The summed E-state index contributed by atoms with van der Waals surface area (Å²) >= 11 is 0. The molecular weight excluding hydrogens is 226 g/mol. The minimum atomic E-state index is 0.368. The molecule has 2 atom stereocenters. The Hall–Kier alpha value is -0.770. The highest BCUT2D eigenvalue weighted by molar-refractivity contribution is 5.79. The average Bonchev–Trinajstić information content (AvgIpc) is 2.36. The van der Waals surface area contributed by atoms with Crippen LogP contribution in [0.2, 0.25) is 0 Å². The first kappa shape index (κ1) is 15.3. The number of guanidine groups is 1. The molecule has 0 spiro atoms. The molecule has 4 heteroatoms. The van der Waals surface area contributed by atoms with Crippen molar-refractivity contribution in [3.05, 3.63) is 0 Å². The van der Waals surface area contributed by atoms with E-state index in [1.54, 1.807) is 0 Å². The van der Waals surface area contributed by atoms with Gasteiger partial charge in [0, 0.05) is 32.2 Å². The fraction of sp³-hybridized carbons (Fsp3) is 0.929. The van der Waals surface area contributed by atoms with Gasteiger partial charge in [-0.15, -0.1) is 0 Å². The molecule has 0 aromatic heterocycles. The Morgan fingerprint density at radius 2 is 1.94 bits per heavy atom. The number of hydrogen-bond acceptors (Lipinski definition) is 2. The lowest BCUT2D eigenvalue weighted by Gasteiger charge is -2.33. The van der Waals surface area contributed by atoms with Crippen LogP contribution >= 0.6 is 0 Å². The zero-order valence-corrected chi connectivity index (χ0v) is 12.3. The molecule has 1 fully saturated rings. The van der Waals surface area contributed by atoms with E-state index in [2.05, 4.69) is 43.3 Å². The van der Waals surface area contributed by atoms with Gasteiger partial charge in [0.15, 0.2) is 5.96 Å². The van der Waals surface area contributed by atoms with Crippen LogP contribution in [-0.4, -0.2) is 38.3 Å². The number of hydrogen-bond donors (Lipinski definition) is 2. The Morgan fingerprint density at radius 3 is 2.50 bits per heavy atom. The van der Waals surface area contributed by atoms with Crippen molar-refractivity contribution < 1.29 is 4.74 Å². The summed E-state index contributed by atoms with van der Waals surface area (Å²) in [7, 11) is 0. The second kappa shape index (κ2) is 8.35. The van der Waals surface area contributed by atoms with Crippen molar-refractivity contribution in [3.63, 3.8) is 0 Å². The summed E-state index contributed by atoms with van der Waals surface area (Å²) in [6, 6.07) is 0. The molecule has 2 N–H and O–H groups in total. The summed E-state index contributed by atoms with van der Waals surface area (Å²) < 4.78 is 5.89. The smallest absolute Gasteiger partial charge is 0.191 e. The van der Waals surface area contributed by atoms with Crippen LogP contribution in [-0.2, 0) is 4.74 Å². The van der Waals surface area contributed by atoms with Crippen LogP contribution in [0.15, 0.2) is 4.99 Å². The summed E-state index contributed by atoms with van der Waals surface area (Å²) in [5.41, 5.74) is 0. The van der Waals surface area contributed by atoms with E-state index < -0.39 is 0 Å². The van der Waals surface area contributed by atoms with E-state index in [0.717, 1.165) is 32.2 Å². The third kappa shape index (κ3) is 4.84. The van der Waals surface area contributed by atoms with Crippen molar-refractivity contribution in [2.24, 2.45) is 16.8 Å². The molecule has 1 saturated heterocycles. The van der Waals surface area contributed by atoms with E-state index in [1.807, 2.05) is 0 Å². The van der Waals surface area contributed by atoms with Gasteiger partial charge in [-0.25, -0.2) is 0 Å². The van der Waals surface area contributed by atoms with E-state index in [-0.39, 0.29) is 0 Å². The quantitative estimate of drug-likeness (QED) is 0.583. The fourth-order valence-electron chi connectivity index (χ4n) is 2.51. The lowest BCUT2D eigenvalue weighted by atomic mass is 9.87. The molecular formula is C14H29N3O. The summed E-state index contributed by atoms with van der Waals surface area (Å²) in [5.74, 6) is 2.06. The van der Waals surface area contributed by atoms with Gasteiger partial charge in [0.2, 0.25) is 0 Å². The van der Waals surface area contributed by atoms with Crippen LogP contribution in [0.1, 0.15) is 40.5 Å². The van der Waals surface area contributed by atoms with Crippen LogP contribution in [0.3, 0.4) is 0 Å². The predicted molar refractivity (Wildman–Crippen MR) is 77.0 cm³/mol. The predicted octanol–water partition coefficient (Wildman–Crippen LogP) is 2.01. The van der Waals surface area contributed by atoms with Crippen LogP contribution in [0.4, 0.5) is 0 Å². The Labute approximate surface area is 112 Å². The number of nitrogens with zero attached hydrogens (tertiary/aromatic N) is 1. The van der Waals surface area contributed by atoms with Crippen LogP contribution < -0.4 is 10.6 Å². The first-order valence-electron chi connectivity index (χ1n) is 7.32. The summed E-state index contributed by atoms with van der Waals surface area (Å²) in [4.78, 5) is 4.67. The Bertz CT molecular complexity index is 245. The van der Waals surface area contributed by atoms with E-state index in [9.17, 15) is 0 Å². The molecule has 1 rings (SSSR count).